The van der Waals surface area contributed by atoms with E-state index in [2.05, 4.69) is 117 Å². The number of Topliss-reactive ketones (excluding diaryl/α,β-unsaturated/α-hetero) is 1. The van der Waals surface area contributed by atoms with Crippen LogP contribution in [-0.2, 0) is 25.5 Å². The molecule has 0 aliphatic heterocycles. The fourth-order valence-corrected chi connectivity index (χ4v) is 8.48. The maximum absolute atomic E-state index is 13.8. The van der Waals surface area contributed by atoms with Crippen molar-refractivity contribution in [3.05, 3.63) is 53.9 Å². The van der Waals surface area contributed by atoms with Crippen LogP contribution >= 0.6 is 0 Å². The molecule has 1 heterocycles. The van der Waals surface area contributed by atoms with Crippen molar-refractivity contribution in [3.63, 3.8) is 0 Å². The molecule has 0 spiro atoms. The molecule has 0 aliphatic rings. The van der Waals surface area contributed by atoms with Crippen LogP contribution in [0.3, 0.4) is 0 Å². The summed E-state index contributed by atoms with van der Waals surface area (Å²) in [6.45, 7) is 32.4. The number of aliphatic carboxylic acids is 1. The second-order valence-electron chi connectivity index (χ2n) is 17.8. The fourth-order valence-electron chi connectivity index (χ4n) is 5.71. The highest BCUT2D eigenvalue weighted by Gasteiger charge is 2.44. The average Bonchev–Trinajstić information content (AvgIpc) is 3.25. The number of allylic oxidation sites excluding steroid dienone is 2. The number of aromatic nitrogens is 2. The minimum Gasteiger partial charge on any atom is -0.478 e. The molecular weight excluding hydrogens is 645 g/mol. The predicted octanol–water partition coefficient (Wildman–Crippen LogP) is 11.0. The standard InChI is InChI=1S/C40H68N2O5Si2/c1-28(36(47-49(15,16)39(7,8)9)29(2)37(45)40(10,11)26-25-35(43)44)21-19-17-18-20-22-34(46-48(13,14)38(4,5)6)31-23-24-33-32(27-31)41-30(3)42(33)12/h18,20,23-29,34,36H,17,19,21-22H2,1-16H3,(H,43,44)/t28-,29+,34-,36-/m0/s1. The highest BCUT2D eigenvalue weighted by Crippen LogP contribution is 2.42. The number of imidazole rings is 1. The number of carboxylic acid groups (broad SMARTS) is 1. The van der Waals surface area contributed by atoms with Gasteiger partial charge in [-0.1, -0.05) is 79.7 Å². The van der Waals surface area contributed by atoms with E-state index in [0.717, 1.165) is 48.6 Å². The van der Waals surface area contributed by atoms with Gasteiger partial charge in [-0.05, 0) is 106 Å². The van der Waals surface area contributed by atoms with E-state index < -0.39 is 28.0 Å². The van der Waals surface area contributed by atoms with E-state index in [-0.39, 0.29) is 39.9 Å². The molecule has 2 aromatic rings. The minimum atomic E-state index is -2.19. The molecule has 49 heavy (non-hydrogen) atoms. The summed E-state index contributed by atoms with van der Waals surface area (Å²) in [5, 5.41) is 9.28. The molecule has 9 heteroatoms. The molecule has 2 rings (SSSR count). The van der Waals surface area contributed by atoms with Crippen LogP contribution in [0, 0.1) is 24.2 Å². The van der Waals surface area contributed by atoms with Gasteiger partial charge in [0.2, 0.25) is 0 Å². The molecule has 0 saturated heterocycles. The molecule has 0 amide bonds. The highest BCUT2D eigenvalue weighted by molar-refractivity contribution is 6.74. The zero-order valence-corrected chi connectivity index (χ0v) is 35.7. The quantitative estimate of drug-likeness (QED) is 0.0760. The summed E-state index contributed by atoms with van der Waals surface area (Å²) in [6.07, 6.45) is 10.4. The number of ketones is 1. The molecule has 1 aromatic carbocycles. The van der Waals surface area contributed by atoms with Crippen molar-refractivity contribution >= 4 is 39.4 Å². The molecule has 1 aromatic heterocycles. The van der Waals surface area contributed by atoms with Gasteiger partial charge < -0.3 is 18.5 Å². The molecule has 0 bridgehead atoms. The highest BCUT2D eigenvalue weighted by atomic mass is 28.4. The summed E-state index contributed by atoms with van der Waals surface area (Å²) in [7, 11) is -2.17. The molecule has 276 valence electrons. The summed E-state index contributed by atoms with van der Waals surface area (Å²) in [5.41, 5.74) is 2.39. The van der Waals surface area contributed by atoms with Gasteiger partial charge in [-0.2, -0.15) is 0 Å². The van der Waals surface area contributed by atoms with E-state index in [1.54, 1.807) is 13.8 Å². The number of fused-ring (bicyclic) bond motifs is 1. The first-order valence-electron chi connectivity index (χ1n) is 18.1. The molecule has 1 N–H and O–H groups in total. The summed E-state index contributed by atoms with van der Waals surface area (Å²) < 4.78 is 16.1. The van der Waals surface area contributed by atoms with Gasteiger partial charge in [0.25, 0.3) is 0 Å². The second kappa shape index (κ2) is 16.3. The van der Waals surface area contributed by atoms with Crippen molar-refractivity contribution in [1.82, 2.24) is 9.55 Å². The van der Waals surface area contributed by atoms with Crippen LogP contribution in [0.15, 0.2) is 42.5 Å². The van der Waals surface area contributed by atoms with Crippen LogP contribution in [0.5, 0.6) is 0 Å². The van der Waals surface area contributed by atoms with E-state index in [0.29, 0.717) is 0 Å². The number of rotatable bonds is 17. The van der Waals surface area contributed by atoms with Crippen LogP contribution in [0.1, 0.15) is 112 Å². The first kappa shape index (κ1) is 42.8. The fraction of sp³-hybridized carbons (Fsp3) is 0.675. The van der Waals surface area contributed by atoms with Gasteiger partial charge in [-0.25, -0.2) is 9.78 Å². The number of unbranched alkanes of at least 4 members (excludes halogenated alkanes) is 1. The van der Waals surface area contributed by atoms with Crippen molar-refractivity contribution < 1.29 is 23.5 Å². The summed E-state index contributed by atoms with van der Waals surface area (Å²) in [5.74, 6) is -0.262. The second-order valence-corrected chi connectivity index (χ2v) is 27.3. The molecule has 0 unspecified atom stereocenters. The van der Waals surface area contributed by atoms with Crippen LogP contribution < -0.4 is 0 Å². The van der Waals surface area contributed by atoms with E-state index in [4.69, 9.17) is 13.8 Å². The monoisotopic (exact) mass is 712 g/mol. The van der Waals surface area contributed by atoms with Gasteiger partial charge in [0, 0.05) is 24.5 Å². The largest absolute Gasteiger partial charge is 0.478 e. The van der Waals surface area contributed by atoms with Gasteiger partial charge in [-0.15, -0.1) is 0 Å². The van der Waals surface area contributed by atoms with E-state index >= 15 is 0 Å². The van der Waals surface area contributed by atoms with E-state index in [1.165, 1.54) is 11.6 Å². The number of carbonyl (C=O) groups is 2. The predicted molar refractivity (Wildman–Crippen MR) is 210 cm³/mol. The third-order valence-corrected chi connectivity index (χ3v) is 20.2. The number of hydrogen-bond donors (Lipinski definition) is 1. The molecular formula is C40H68N2O5Si2. The summed E-state index contributed by atoms with van der Waals surface area (Å²) in [4.78, 5) is 29.8. The van der Waals surface area contributed by atoms with Crippen molar-refractivity contribution in [2.75, 3.05) is 0 Å². The van der Waals surface area contributed by atoms with Crippen molar-refractivity contribution in [2.45, 2.75) is 150 Å². The summed E-state index contributed by atoms with van der Waals surface area (Å²) >= 11 is 0. The Balaban J connectivity index is 2.22. The van der Waals surface area contributed by atoms with Gasteiger partial charge in [0.15, 0.2) is 16.6 Å². The van der Waals surface area contributed by atoms with E-state index in [9.17, 15) is 14.7 Å². The molecule has 4 atom stereocenters. The maximum atomic E-state index is 13.8. The molecule has 0 radical (unpaired) electrons. The van der Waals surface area contributed by atoms with Crippen LogP contribution in [-0.4, -0.2) is 49.1 Å². The lowest BCUT2D eigenvalue weighted by atomic mass is 9.76. The van der Waals surface area contributed by atoms with Crippen molar-refractivity contribution in [1.29, 1.82) is 0 Å². The molecule has 0 aliphatic carbocycles. The topological polar surface area (TPSA) is 90.7 Å². The lowest BCUT2D eigenvalue weighted by Crippen LogP contribution is -2.49. The Kier molecular flexibility index (Phi) is 14.3. The number of carboxylic acids is 1. The Morgan fingerprint density at radius 3 is 2.06 bits per heavy atom. The Morgan fingerprint density at radius 2 is 1.51 bits per heavy atom. The Labute approximate surface area is 300 Å². The molecule has 7 nitrogen and oxygen atoms in total. The van der Waals surface area contributed by atoms with Crippen LogP contribution in [0.25, 0.3) is 11.0 Å². The number of aryl methyl sites for hydroxylation is 2. The normalized spacial score (nSPS) is 16.4. The zero-order valence-electron chi connectivity index (χ0n) is 33.7. The Hall–Kier alpha value is -2.34. The maximum Gasteiger partial charge on any atom is 0.328 e. The Bertz CT molecular complexity index is 1490. The van der Waals surface area contributed by atoms with Gasteiger partial charge in [0.05, 0.1) is 23.2 Å². The van der Waals surface area contributed by atoms with Gasteiger partial charge in [0.1, 0.15) is 11.6 Å². The van der Waals surface area contributed by atoms with Gasteiger partial charge >= 0.3 is 5.97 Å². The summed E-state index contributed by atoms with van der Waals surface area (Å²) in [6, 6.07) is 6.55. The molecule has 0 saturated carbocycles. The third kappa shape index (κ3) is 11.3. The van der Waals surface area contributed by atoms with E-state index in [1.807, 2.05) is 13.8 Å². The lowest BCUT2D eigenvalue weighted by Gasteiger charge is -2.43. The minimum absolute atomic E-state index is 0.00182. The lowest BCUT2D eigenvalue weighted by molar-refractivity contribution is -0.132. The first-order valence-corrected chi connectivity index (χ1v) is 23.9. The van der Waals surface area contributed by atoms with Crippen molar-refractivity contribution in [2.24, 2.45) is 24.3 Å². The first-order chi connectivity index (χ1) is 22.2. The number of benzene rings is 1. The van der Waals surface area contributed by atoms with Gasteiger partial charge in [-0.3, -0.25) is 4.79 Å². The SMILES string of the molecule is Cc1nc2cc([C@H](CC=CCCC[C@H](C)[C@H](O[Si](C)(C)C(C)(C)C)[C@@H](C)C(=O)C(C)(C)C=CC(=O)O)O[Si](C)(C)C(C)(C)C)ccc2n1C. The molecule has 0 fully saturated rings. The van der Waals surface area contributed by atoms with Crippen molar-refractivity contribution in [3.8, 4) is 0 Å². The van der Waals surface area contributed by atoms with Crippen LogP contribution in [0.2, 0.25) is 36.3 Å². The van der Waals surface area contributed by atoms with Crippen LogP contribution in [0.4, 0.5) is 0 Å². The number of nitrogens with zero attached hydrogens (tertiary/aromatic N) is 2. The zero-order chi connectivity index (χ0) is 37.8. The Morgan fingerprint density at radius 1 is 0.939 bits per heavy atom. The number of hydrogen-bond acceptors (Lipinski definition) is 5. The number of carbonyl (C=O) groups excluding carboxylic acids is 1. The third-order valence-electron chi connectivity index (χ3n) is 11.3. The smallest absolute Gasteiger partial charge is 0.328 e. The average molecular weight is 713 g/mol.